The molecule has 17 heavy (non-hydrogen) atoms. The number of unbranched alkanes of at least 4 members (excludes halogenated alkanes) is 2. The Morgan fingerprint density at radius 1 is 1.47 bits per heavy atom. The second kappa shape index (κ2) is 6.59. The van der Waals surface area contributed by atoms with E-state index in [4.69, 9.17) is 9.84 Å². The van der Waals surface area contributed by atoms with Gasteiger partial charge in [-0.2, -0.15) is 0 Å². The highest BCUT2D eigenvalue weighted by Crippen LogP contribution is 2.28. The Kier molecular flexibility index (Phi) is 5.41. The third kappa shape index (κ3) is 3.70. The van der Waals surface area contributed by atoms with Crippen LogP contribution in [0.25, 0.3) is 0 Å². The van der Waals surface area contributed by atoms with Crippen LogP contribution in [0, 0.1) is 5.82 Å². The molecule has 0 unspecified atom stereocenters. The molecule has 0 amide bonds. The zero-order valence-electron chi connectivity index (χ0n) is 9.50. The van der Waals surface area contributed by atoms with Crippen LogP contribution in [0.5, 0.6) is 5.75 Å². The molecule has 0 aliphatic rings. The number of carboxylic acids is 1. The van der Waals surface area contributed by atoms with Crippen molar-refractivity contribution < 1.29 is 19.0 Å². The van der Waals surface area contributed by atoms with Crippen molar-refractivity contribution in [3.05, 3.63) is 28.0 Å². The van der Waals surface area contributed by atoms with Crippen molar-refractivity contribution in [2.24, 2.45) is 0 Å². The Morgan fingerprint density at radius 3 is 2.76 bits per heavy atom. The summed E-state index contributed by atoms with van der Waals surface area (Å²) in [6, 6.07) is 2.67. The summed E-state index contributed by atoms with van der Waals surface area (Å²) in [5.41, 5.74) is -0.108. The molecule has 0 bridgehead atoms. The number of halogens is 2. The summed E-state index contributed by atoms with van der Waals surface area (Å²) in [5.74, 6) is -1.76. The van der Waals surface area contributed by atoms with E-state index in [0.29, 0.717) is 6.61 Å². The monoisotopic (exact) mass is 304 g/mol. The zero-order chi connectivity index (χ0) is 12.8. The van der Waals surface area contributed by atoms with Gasteiger partial charge in [0.15, 0.2) is 11.6 Å². The summed E-state index contributed by atoms with van der Waals surface area (Å²) in [6.45, 7) is 2.50. The van der Waals surface area contributed by atoms with Gasteiger partial charge >= 0.3 is 5.97 Å². The lowest BCUT2D eigenvalue weighted by molar-refractivity contribution is 0.0695. The van der Waals surface area contributed by atoms with Gasteiger partial charge in [-0.1, -0.05) is 19.8 Å². The van der Waals surface area contributed by atoms with E-state index in [-0.39, 0.29) is 15.8 Å². The van der Waals surface area contributed by atoms with Gasteiger partial charge in [0.25, 0.3) is 0 Å². The lowest BCUT2D eigenvalue weighted by Crippen LogP contribution is -2.03. The smallest absolute Gasteiger partial charge is 0.336 e. The topological polar surface area (TPSA) is 46.5 Å². The Hall–Kier alpha value is -1.10. The van der Waals surface area contributed by atoms with Crippen LogP contribution in [-0.2, 0) is 0 Å². The maximum Gasteiger partial charge on any atom is 0.336 e. The predicted molar refractivity (Wildman–Crippen MR) is 66.1 cm³/mol. The SMILES string of the molecule is CCCCCOc1ccc(C(=O)O)c(Br)c1F. The Bertz CT molecular complexity index is 407. The summed E-state index contributed by atoms with van der Waals surface area (Å²) in [7, 11) is 0. The third-order valence-electron chi connectivity index (χ3n) is 2.28. The quantitative estimate of drug-likeness (QED) is 0.812. The van der Waals surface area contributed by atoms with Crippen LogP contribution < -0.4 is 4.74 Å². The molecule has 0 aliphatic heterocycles. The summed E-state index contributed by atoms with van der Waals surface area (Å²) in [5, 5.41) is 8.79. The molecule has 0 aliphatic carbocycles. The second-order valence-corrected chi connectivity index (χ2v) is 4.39. The standard InChI is InChI=1S/C12H14BrFO3/c1-2-3-4-7-17-9-6-5-8(12(15)16)10(13)11(9)14/h5-6H,2-4,7H2,1H3,(H,15,16). The van der Waals surface area contributed by atoms with Crippen LogP contribution in [0.3, 0.4) is 0 Å². The molecule has 0 aromatic heterocycles. The zero-order valence-corrected chi connectivity index (χ0v) is 11.1. The number of hydrogen-bond donors (Lipinski definition) is 1. The highest BCUT2D eigenvalue weighted by atomic mass is 79.9. The first kappa shape index (κ1) is 14.0. The molecule has 0 fully saturated rings. The predicted octanol–water partition coefficient (Wildman–Crippen LogP) is 3.86. The lowest BCUT2D eigenvalue weighted by atomic mass is 10.2. The highest BCUT2D eigenvalue weighted by molar-refractivity contribution is 9.10. The molecule has 1 rings (SSSR count). The van der Waals surface area contributed by atoms with Crippen molar-refractivity contribution in [1.29, 1.82) is 0 Å². The molecule has 0 heterocycles. The first-order valence-electron chi connectivity index (χ1n) is 5.42. The molecule has 3 nitrogen and oxygen atoms in total. The van der Waals surface area contributed by atoms with E-state index in [2.05, 4.69) is 22.9 Å². The maximum atomic E-state index is 13.7. The molecular weight excluding hydrogens is 291 g/mol. The number of hydrogen-bond acceptors (Lipinski definition) is 2. The largest absolute Gasteiger partial charge is 0.490 e. The van der Waals surface area contributed by atoms with Crippen LogP contribution in [0.15, 0.2) is 16.6 Å². The van der Waals surface area contributed by atoms with E-state index in [1.54, 1.807) is 0 Å². The van der Waals surface area contributed by atoms with E-state index < -0.39 is 11.8 Å². The molecule has 0 saturated carbocycles. The van der Waals surface area contributed by atoms with E-state index in [1.165, 1.54) is 12.1 Å². The van der Waals surface area contributed by atoms with E-state index in [0.717, 1.165) is 19.3 Å². The van der Waals surface area contributed by atoms with Crippen LogP contribution >= 0.6 is 15.9 Å². The van der Waals surface area contributed by atoms with E-state index in [9.17, 15) is 9.18 Å². The number of rotatable bonds is 6. The minimum atomic E-state index is -1.17. The molecule has 0 spiro atoms. The van der Waals surface area contributed by atoms with E-state index in [1.807, 2.05) is 0 Å². The highest BCUT2D eigenvalue weighted by Gasteiger charge is 2.16. The summed E-state index contributed by atoms with van der Waals surface area (Å²) in [6.07, 6.45) is 2.94. The summed E-state index contributed by atoms with van der Waals surface area (Å²) >= 11 is 2.92. The molecule has 1 N–H and O–H groups in total. The van der Waals surface area contributed by atoms with Crippen LogP contribution in [0.4, 0.5) is 4.39 Å². The molecule has 1 aromatic carbocycles. The van der Waals surface area contributed by atoms with Gasteiger partial charge in [0, 0.05) is 0 Å². The minimum Gasteiger partial charge on any atom is -0.490 e. The first-order valence-corrected chi connectivity index (χ1v) is 6.21. The van der Waals surface area contributed by atoms with Gasteiger partial charge in [0.05, 0.1) is 16.6 Å². The molecule has 0 saturated heterocycles. The van der Waals surface area contributed by atoms with Crippen molar-refractivity contribution in [2.45, 2.75) is 26.2 Å². The van der Waals surface area contributed by atoms with Crippen molar-refractivity contribution >= 4 is 21.9 Å². The molecule has 1 aromatic rings. The van der Waals surface area contributed by atoms with Gasteiger partial charge in [-0.15, -0.1) is 0 Å². The average molecular weight is 305 g/mol. The number of benzene rings is 1. The van der Waals surface area contributed by atoms with Crippen LogP contribution in [0.2, 0.25) is 0 Å². The van der Waals surface area contributed by atoms with Gasteiger partial charge in [-0.25, -0.2) is 9.18 Å². The van der Waals surface area contributed by atoms with Gasteiger partial charge in [0.1, 0.15) is 0 Å². The van der Waals surface area contributed by atoms with Crippen molar-refractivity contribution in [2.75, 3.05) is 6.61 Å². The fourth-order valence-corrected chi connectivity index (χ4v) is 1.84. The molecular formula is C12H14BrFO3. The molecule has 0 atom stereocenters. The van der Waals surface area contributed by atoms with Crippen molar-refractivity contribution in [1.82, 2.24) is 0 Å². The Morgan fingerprint density at radius 2 is 2.18 bits per heavy atom. The molecule has 5 heteroatoms. The molecule has 0 radical (unpaired) electrons. The van der Waals surface area contributed by atoms with Crippen LogP contribution in [0.1, 0.15) is 36.5 Å². The number of carbonyl (C=O) groups is 1. The minimum absolute atomic E-state index is 0.0713. The van der Waals surface area contributed by atoms with Gasteiger partial charge in [-0.05, 0) is 34.5 Å². The van der Waals surface area contributed by atoms with Crippen molar-refractivity contribution in [3.8, 4) is 5.75 Å². The first-order chi connectivity index (χ1) is 8.07. The van der Waals surface area contributed by atoms with Crippen molar-refractivity contribution in [3.63, 3.8) is 0 Å². The van der Waals surface area contributed by atoms with Gasteiger partial charge in [0.2, 0.25) is 0 Å². The lowest BCUT2D eigenvalue weighted by Gasteiger charge is -2.09. The van der Waals surface area contributed by atoms with Gasteiger partial charge in [-0.3, -0.25) is 0 Å². The molecule has 94 valence electrons. The van der Waals surface area contributed by atoms with Crippen LogP contribution in [-0.4, -0.2) is 17.7 Å². The van der Waals surface area contributed by atoms with E-state index >= 15 is 0 Å². The summed E-state index contributed by atoms with van der Waals surface area (Å²) < 4.78 is 18.9. The fraction of sp³-hybridized carbons (Fsp3) is 0.417. The van der Waals surface area contributed by atoms with Gasteiger partial charge < -0.3 is 9.84 Å². The average Bonchev–Trinajstić information content (AvgIpc) is 2.29. The number of aromatic carboxylic acids is 1. The summed E-state index contributed by atoms with van der Waals surface area (Å²) in [4.78, 5) is 10.7. The second-order valence-electron chi connectivity index (χ2n) is 3.60. The maximum absolute atomic E-state index is 13.7. The number of carboxylic acid groups (broad SMARTS) is 1. The Balaban J connectivity index is 2.75. The Labute approximate surface area is 108 Å². The third-order valence-corrected chi connectivity index (χ3v) is 3.06. The fourth-order valence-electron chi connectivity index (χ4n) is 1.34. The normalized spacial score (nSPS) is 10.3. The number of ether oxygens (including phenoxy) is 1.